The molecule has 0 spiro atoms. The predicted octanol–water partition coefficient (Wildman–Crippen LogP) is 0.665. The Balaban J connectivity index is 1.74. The molecule has 2 atom stereocenters. The van der Waals surface area contributed by atoms with Crippen LogP contribution in [0.2, 0.25) is 0 Å². The third-order valence-corrected chi connectivity index (χ3v) is 4.69. The lowest BCUT2D eigenvalue weighted by molar-refractivity contribution is -0.158. The van der Waals surface area contributed by atoms with Crippen molar-refractivity contribution in [2.45, 2.75) is 12.2 Å². The normalized spacial score (nSPS) is 12.3. The van der Waals surface area contributed by atoms with E-state index in [9.17, 15) is 19.8 Å². The Morgan fingerprint density at radius 3 is 2.65 bits per heavy atom. The quantitative estimate of drug-likeness (QED) is 0.212. The average Bonchev–Trinajstić information content (AvgIpc) is 2.85. The molecule has 2 aromatic carbocycles. The van der Waals surface area contributed by atoms with Crippen molar-refractivity contribution >= 4 is 34.3 Å². The molecule has 0 aliphatic heterocycles. The molecular formula is C23H22N4O7. The van der Waals surface area contributed by atoms with E-state index in [0.717, 1.165) is 5.69 Å². The largest absolute Gasteiger partial charge is 0.493 e. The van der Waals surface area contributed by atoms with Gasteiger partial charge in [0.15, 0.2) is 23.7 Å². The van der Waals surface area contributed by atoms with E-state index in [1.54, 1.807) is 24.3 Å². The van der Waals surface area contributed by atoms with Gasteiger partial charge in [0.2, 0.25) is 0 Å². The van der Waals surface area contributed by atoms with Gasteiger partial charge in [-0.1, -0.05) is 12.0 Å². The molecule has 1 unspecified atom stereocenters. The van der Waals surface area contributed by atoms with Gasteiger partial charge < -0.3 is 35.4 Å². The van der Waals surface area contributed by atoms with Crippen LogP contribution in [0.3, 0.4) is 0 Å². The minimum atomic E-state index is -2.23. The number of benzene rings is 2. The lowest BCUT2D eigenvalue weighted by atomic mass is 10.2. The number of ether oxygens (including phenoxy) is 2. The van der Waals surface area contributed by atoms with Crippen LogP contribution in [0.1, 0.15) is 5.56 Å². The molecule has 34 heavy (non-hydrogen) atoms. The van der Waals surface area contributed by atoms with Gasteiger partial charge in [0.25, 0.3) is 5.91 Å². The summed E-state index contributed by atoms with van der Waals surface area (Å²) in [4.78, 5) is 31.0. The number of hydrogen-bond donors (Lipinski definition) is 5. The molecule has 11 heteroatoms. The second kappa shape index (κ2) is 11.0. The highest BCUT2D eigenvalue weighted by Gasteiger charge is 2.29. The smallest absolute Gasteiger partial charge is 0.335 e. The number of carboxylic acids is 1. The fourth-order valence-corrected chi connectivity index (χ4v) is 2.98. The minimum absolute atomic E-state index is 0.0375. The van der Waals surface area contributed by atoms with Crippen molar-refractivity contribution in [2.24, 2.45) is 0 Å². The van der Waals surface area contributed by atoms with Gasteiger partial charge >= 0.3 is 5.97 Å². The maximum Gasteiger partial charge on any atom is 0.335 e. The molecule has 3 aromatic rings. The Labute approximate surface area is 194 Å². The van der Waals surface area contributed by atoms with E-state index >= 15 is 0 Å². The van der Waals surface area contributed by atoms with Gasteiger partial charge in [-0.05, 0) is 24.3 Å². The van der Waals surface area contributed by atoms with Crippen molar-refractivity contribution in [2.75, 3.05) is 25.6 Å². The molecule has 0 aliphatic carbocycles. The second-order valence-corrected chi connectivity index (χ2v) is 6.96. The Morgan fingerprint density at radius 1 is 1.15 bits per heavy atom. The number of carbonyl (C=O) groups is 2. The van der Waals surface area contributed by atoms with E-state index in [1.807, 2.05) is 12.1 Å². The number of aromatic nitrogens is 2. The van der Waals surface area contributed by atoms with Crippen LogP contribution < -0.4 is 20.1 Å². The van der Waals surface area contributed by atoms with E-state index < -0.39 is 24.1 Å². The third kappa shape index (κ3) is 5.69. The fraction of sp³-hybridized carbons (Fsp3) is 0.217. The summed E-state index contributed by atoms with van der Waals surface area (Å²) in [6, 6.07) is 10.6. The molecule has 3 rings (SSSR count). The van der Waals surface area contributed by atoms with Crippen molar-refractivity contribution in [3.8, 4) is 23.8 Å². The summed E-state index contributed by atoms with van der Waals surface area (Å²) in [6.45, 7) is -0.108. The number of carboxylic acid groups (broad SMARTS) is 1. The van der Waals surface area contributed by atoms with Gasteiger partial charge in [-0.25, -0.2) is 14.8 Å². The summed E-state index contributed by atoms with van der Waals surface area (Å²) < 4.78 is 11.1. The molecule has 0 aliphatic rings. The molecule has 0 bridgehead atoms. The van der Waals surface area contributed by atoms with E-state index in [1.165, 1.54) is 13.4 Å². The van der Waals surface area contributed by atoms with Gasteiger partial charge in [0, 0.05) is 22.7 Å². The molecule has 1 amide bonds. The highest BCUT2D eigenvalue weighted by Crippen LogP contribution is 2.34. The summed E-state index contributed by atoms with van der Waals surface area (Å²) in [5, 5.41) is 33.5. The first-order valence-electron chi connectivity index (χ1n) is 10.00. The average molecular weight is 466 g/mol. The molecule has 1 heterocycles. The maximum absolute atomic E-state index is 11.8. The van der Waals surface area contributed by atoms with E-state index in [2.05, 4.69) is 26.5 Å². The highest BCUT2D eigenvalue weighted by atomic mass is 16.5. The molecule has 5 N–H and O–H groups in total. The molecule has 1 aromatic heterocycles. The van der Waals surface area contributed by atoms with Crippen LogP contribution in [-0.4, -0.2) is 69.6 Å². The number of amides is 1. The number of carbonyl (C=O) groups excluding carboxylic acids is 1. The first kappa shape index (κ1) is 24.2. The molecule has 176 valence electrons. The Hall–Kier alpha value is -4.40. The molecular weight excluding hydrogens is 444 g/mol. The molecule has 0 fully saturated rings. The first-order valence-corrected chi connectivity index (χ1v) is 10.00. The number of aliphatic carboxylic acids is 1. The first-order chi connectivity index (χ1) is 16.3. The number of rotatable bonds is 10. The van der Waals surface area contributed by atoms with Crippen molar-refractivity contribution in [1.82, 2.24) is 15.3 Å². The van der Waals surface area contributed by atoms with Crippen LogP contribution in [0, 0.1) is 12.3 Å². The van der Waals surface area contributed by atoms with Crippen molar-refractivity contribution in [3.63, 3.8) is 0 Å². The van der Waals surface area contributed by atoms with Crippen molar-refractivity contribution < 1.29 is 34.4 Å². The van der Waals surface area contributed by atoms with Gasteiger partial charge in [-0.15, -0.1) is 6.42 Å². The lowest BCUT2D eigenvalue weighted by Crippen LogP contribution is -2.46. The van der Waals surface area contributed by atoms with Crippen LogP contribution >= 0.6 is 0 Å². The molecule has 11 nitrogen and oxygen atoms in total. The molecule has 0 radical (unpaired) electrons. The number of methoxy groups -OCH3 is 1. The summed E-state index contributed by atoms with van der Waals surface area (Å²) in [7, 11) is 1.46. The number of anilines is 2. The van der Waals surface area contributed by atoms with Crippen LogP contribution in [0.4, 0.5) is 11.5 Å². The Morgan fingerprint density at radius 2 is 1.94 bits per heavy atom. The van der Waals surface area contributed by atoms with Gasteiger partial charge in [-0.2, -0.15) is 0 Å². The van der Waals surface area contributed by atoms with Crippen molar-refractivity contribution in [1.29, 1.82) is 0 Å². The third-order valence-electron chi connectivity index (χ3n) is 4.69. The predicted molar refractivity (Wildman–Crippen MR) is 122 cm³/mol. The number of aliphatic hydroxyl groups excluding tert-OH is 2. The number of hydrogen-bond acceptors (Lipinski definition) is 9. The topological polar surface area (TPSA) is 163 Å². The maximum atomic E-state index is 11.8. The lowest BCUT2D eigenvalue weighted by Gasteiger charge is -2.16. The molecule has 0 saturated heterocycles. The number of aliphatic hydroxyl groups is 2. The zero-order chi connectivity index (χ0) is 24.7. The van der Waals surface area contributed by atoms with Crippen LogP contribution in [0.25, 0.3) is 10.9 Å². The summed E-state index contributed by atoms with van der Waals surface area (Å²) in [5.41, 5.74) is 2.03. The van der Waals surface area contributed by atoms with Crippen LogP contribution in [-0.2, 0) is 9.59 Å². The standard InChI is InChI=1S/C23H22N4O7/c1-3-13-5-4-6-14(9-13)27-21-15-10-18(17(33-2)11-16(15)25-12-26-21)34-8-7-24-22(30)19(28)20(29)23(31)32/h1,4-6,9-12,19-20,28-29H,7-8H2,2H3,(H,24,30)(H,31,32)(H,25,26,27)/t19-,20?/m0/s1. The number of terminal acetylenes is 1. The van der Waals surface area contributed by atoms with Gasteiger partial charge in [0.1, 0.15) is 18.8 Å². The van der Waals surface area contributed by atoms with E-state index in [0.29, 0.717) is 33.8 Å². The number of nitrogens with one attached hydrogen (secondary N) is 2. The van der Waals surface area contributed by atoms with Crippen LogP contribution in [0.5, 0.6) is 11.5 Å². The van der Waals surface area contributed by atoms with Crippen molar-refractivity contribution in [3.05, 3.63) is 48.3 Å². The summed E-state index contributed by atoms with van der Waals surface area (Å²) >= 11 is 0. The number of nitrogens with zero attached hydrogens (tertiary/aromatic N) is 2. The highest BCUT2D eigenvalue weighted by molar-refractivity contribution is 5.93. The summed E-state index contributed by atoms with van der Waals surface area (Å²) in [6.07, 6.45) is 2.53. The SMILES string of the molecule is C#Cc1cccc(Nc2ncnc3cc(OC)c(OCCNC(=O)[C@@H](O)C(O)C(=O)O)cc23)c1. The minimum Gasteiger partial charge on any atom is -0.493 e. The fourth-order valence-electron chi connectivity index (χ4n) is 2.98. The van der Waals surface area contributed by atoms with Gasteiger partial charge in [0.05, 0.1) is 19.2 Å². The van der Waals surface area contributed by atoms with E-state index in [-0.39, 0.29) is 13.2 Å². The monoisotopic (exact) mass is 466 g/mol. The van der Waals surface area contributed by atoms with Crippen LogP contribution in [0.15, 0.2) is 42.7 Å². The Bertz CT molecular complexity index is 1240. The second-order valence-electron chi connectivity index (χ2n) is 6.96. The number of fused-ring (bicyclic) bond motifs is 1. The zero-order valence-corrected chi connectivity index (χ0v) is 18.1. The van der Waals surface area contributed by atoms with Gasteiger partial charge in [-0.3, -0.25) is 4.79 Å². The zero-order valence-electron chi connectivity index (χ0n) is 18.1. The summed E-state index contributed by atoms with van der Waals surface area (Å²) in [5.74, 6) is 1.05. The Kier molecular flexibility index (Phi) is 7.81. The molecule has 0 saturated carbocycles. The van der Waals surface area contributed by atoms with E-state index in [4.69, 9.17) is 21.0 Å².